The first-order valence-corrected chi connectivity index (χ1v) is 7.64. The Balaban J connectivity index is 1.89. The first-order valence-electron chi connectivity index (χ1n) is 7.64. The molecule has 0 saturated heterocycles. The number of hydrogen-bond acceptors (Lipinski definition) is 4. The predicted molar refractivity (Wildman–Crippen MR) is 96.7 cm³/mol. The highest BCUT2D eigenvalue weighted by Crippen LogP contribution is 2.15. The molecule has 2 aromatic rings. The minimum absolute atomic E-state index is 0.0933. The Labute approximate surface area is 145 Å². The Morgan fingerprint density at radius 1 is 1.12 bits per heavy atom. The summed E-state index contributed by atoms with van der Waals surface area (Å²) in [5.74, 6) is 0.320. The van der Waals surface area contributed by atoms with Gasteiger partial charge in [0.05, 0.1) is 5.71 Å². The molecule has 0 saturated carbocycles. The van der Waals surface area contributed by atoms with Gasteiger partial charge in [-0.15, -0.1) is 0 Å². The highest BCUT2D eigenvalue weighted by Gasteiger charge is 2.06. The number of hydrazone groups is 1. The van der Waals surface area contributed by atoms with Gasteiger partial charge < -0.3 is 15.8 Å². The van der Waals surface area contributed by atoms with E-state index < -0.39 is 6.03 Å². The number of nitrogens with two attached hydrogens (primary N) is 1. The summed E-state index contributed by atoms with van der Waals surface area (Å²) in [6.45, 7) is 3.57. The van der Waals surface area contributed by atoms with Crippen LogP contribution in [0.4, 0.5) is 10.5 Å². The van der Waals surface area contributed by atoms with E-state index in [9.17, 15) is 9.59 Å². The topological polar surface area (TPSA) is 106 Å². The molecule has 0 radical (unpaired) electrons. The lowest BCUT2D eigenvalue weighted by Gasteiger charge is -2.10. The van der Waals surface area contributed by atoms with Crippen molar-refractivity contribution < 1.29 is 14.3 Å². The number of ether oxygens (including phenoxy) is 1. The first-order chi connectivity index (χ1) is 12.0. The summed E-state index contributed by atoms with van der Waals surface area (Å²) in [7, 11) is 0. The molecular formula is C18H20N4O3. The fraction of sp³-hybridized carbons (Fsp3) is 0.167. The van der Waals surface area contributed by atoms with Crippen molar-refractivity contribution in [3.05, 3.63) is 59.7 Å². The molecule has 0 aliphatic heterocycles. The Bertz CT molecular complexity index is 785. The lowest BCUT2D eigenvalue weighted by Crippen LogP contribution is -2.25. The summed E-state index contributed by atoms with van der Waals surface area (Å²) in [4.78, 5) is 22.6. The maximum absolute atomic E-state index is 12.0. The molecule has 130 valence electrons. The molecule has 3 amide bonds. The second kappa shape index (κ2) is 8.49. The number of anilines is 1. The van der Waals surface area contributed by atoms with Gasteiger partial charge in [-0.3, -0.25) is 4.79 Å². The number of rotatable bonds is 6. The monoisotopic (exact) mass is 340 g/mol. The van der Waals surface area contributed by atoms with Gasteiger partial charge in [-0.25, -0.2) is 10.2 Å². The molecule has 7 nitrogen and oxygen atoms in total. The third-order valence-electron chi connectivity index (χ3n) is 3.39. The van der Waals surface area contributed by atoms with E-state index in [1.165, 1.54) is 0 Å². The lowest BCUT2D eigenvalue weighted by molar-refractivity contribution is -0.118. The molecule has 0 atom stereocenters. The van der Waals surface area contributed by atoms with Crippen LogP contribution in [-0.2, 0) is 4.79 Å². The summed E-state index contributed by atoms with van der Waals surface area (Å²) >= 11 is 0. The third-order valence-corrected chi connectivity index (χ3v) is 3.39. The molecule has 2 rings (SSSR count). The van der Waals surface area contributed by atoms with Crippen molar-refractivity contribution in [2.75, 3.05) is 11.9 Å². The van der Waals surface area contributed by atoms with Crippen LogP contribution in [0.2, 0.25) is 0 Å². The van der Waals surface area contributed by atoms with E-state index in [4.69, 9.17) is 10.5 Å². The van der Waals surface area contributed by atoms with Gasteiger partial charge >= 0.3 is 6.03 Å². The highest BCUT2D eigenvalue weighted by molar-refractivity contribution is 5.99. The van der Waals surface area contributed by atoms with Crippen molar-refractivity contribution in [1.82, 2.24) is 5.43 Å². The Hall–Kier alpha value is -3.35. The normalized spacial score (nSPS) is 10.9. The van der Waals surface area contributed by atoms with Gasteiger partial charge in [0.2, 0.25) is 0 Å². The Morgan fingerprint density at radius 2 is 1.80 bits per heavy atom. The molecular weight excluding hydrogens is 320 g/mol. The van der Waals surface area contributed by atoms with Crippen molar-refractivity contribution in [2.45, 2.75) is 13.8 Å². The van der Waals surface area contributed by atoms with E-state index in [0.717, 1.165) is 16.8 Å². The van der Waals surface area contributed by atoms with Crippen LogP contribution < -0.4 is 21.2 Å². The summed E-state index contributed by atoms with van der Waals surface area (Å²) in [5.41, 5.74) is 10.3. The zero-order valence-electron chi connectivity index (χ0n) is 14.1. The van der Waals surface area contributed by atoms with Crippen molar-refractivity contribution in [2.24, 2.45) is 10.8 Å². The smallest absolute Gasteiger partial charge is 0.332 e. The molecule has 0 bridgehead atoms. The molecule has 0 aromatic heterocycles. The molecule has 0 unspecified atom stereocenters. The van der Waals surface area contributed by atoms with E-state index >= 15 is 0 Å². The number of aryl methyl sites for hydroxylation is 1. The van der Waals surface area contributed by atoms with Gasteiger partial charge in [-0.2, -0.15) is 5.10 Å². The molecule has 7 heteroatoms. The second-order valence-electron chi connectivity index (χ2n) is 5.35. The number of primary amides is 1. The number of carbonyl (C=O) groups excluding carboxylic acids is 2. The molecule has 0 heterocycles. The average Bonchev–Trinajstić information content (AvgIpc) is 2.60. The number of amides is 3. The quantitative estimate of drug-likeness (QED) is 0.555. The van der Waals surface area contributed by atoms with Crippen molar-refractivity contribution >= 4 is 23.3 Å². The van der Waals surface area contributed by atoms with Gasteiger partial charge in [0, 0.05) is 5.69 Å². The van der Waals surface area contributed by atoms with E-state index in [-0.39, 0.29) is 12.5 Å². The van der Waals surface area contributed by atoms with Crippen molar-refractivity contribution in [1.29, 1.82) is 0 Å². The largest absolute Gasteiger partial charge is 0.484 e. The predicted octanol–water partition coefficient (Wildman–Crippen LogP) is 2.40. The van der Waals surface area contributed by atoms with Crippen LogP contribution in [0.1, 0.15) is 18.1 Å². The molecule has 0 aliphatic carbocycles. The van der Waals surface area contributed by atoms with E-state index in [1.807, 2.05) is 31.2 Å². The van der Waals surface area contributed by atoms with Gasteiger partial charge in [-0.1, -0.05) is 18.2 Å². The summed E-state index contributed by atoms with van der Waals surface area (Å²) in [6.07, 6.45) is 0. The Kier molecular flexibility index (Phi) is 6.11. The maximum atomic E-state index is 12.0. The molecule has 25 heavy (non-hydrogen) atoms. The minimum Gasteiger partial charge on any atom is -0.484 e. The molecule has 0 fully saturated rings. The number of para-hydroxylation sites is 1. The number of nitrogens with zero attached hydrogens (tertiary/aromatic N) is 1. The van der Waals surface area contributed by atoms with Gasteiger partial charge in [0.25, 0.3) is 5.91 Å². The summed E-state index contributed by atoms with van der Waals surface area (Å²) in [5, 5.41) is 6.64. The highest BCUT2D eigenvalue weighted by atomic mass is 16.5. The van der Waals surface area contributed by atoms with E-state index in [1.54, 1.807) is 31.2 Å². The van der Waals surface area contributed by atoms with Crippen molar-refractivity contribution in [3.63, 3.8) is 0 Å². The van der Waals surface area contributed by atoms with Crippen LogP contribution in [-0.4, -0.2) is 24.3 Å². The number of hydrogen-bond donors (Lipinski definition) is 3. The van der Waals surface area contributed by atoms with Crippen LogP contribution in [0.5, 0.6) is 5.75 Å². The lowest BCUT2D eigenvalue weighted by atomic mass is 10.1. The fourth-order valence-corrected chi connectivity index (χ4v) is 2.04. The van der Waals surface area contributed by atoms with Crippen LogP contribution >= 0.6 is 0 Å². The number of urea groups is 1. The van der Waals surface area contributed by atoms with Gasteiger partial charge in [0.1, 0.15) is 5.75 Å². The van der Waals surface area contributed by atoms with Crippen LogP contribution in [0.3, 0.4) is 0 Å². The maximum Gasteiger partial charge on any atom is 0.332 e. The van der Waals surface area contributed by atoms with Crippen molar-refractivity contribution in [3.8, 4) is 5.75 Å². The number of nitrogens with one attached hydrogen (secondary N) is 2. The van der Waals surface area contributed by atoms with Crippen LogP contribution in [0, 0.1) is 6.92 Å². The first kappa shape index (κ1) is 18.0. The number of benzene rings is 2. The molecule has 0 aliphatic rings. The molecule has 0 spiro atoms. The van der Waals surface area contributed by atoms with E-state index in [0.29, 0.717) is 11.5 Å². The third kappa shape index (κ3) is 5.65. The minimum atomic E-state index is -0.723. The second-order valence-corrected chi connectivity index (χ2v) is 5.35. The summed E-state index contributed by atoms with van der Waals surface area (Å²) in [6, 6.07) is 13.8. The van der Waals surface area contributed by atoms with E-state index in [2.05, 4.69) is 15.8 Å². The molecule has 2 aromatic carbocycles. The zero-order chi connectivity index (χ0) is 18.2. The van der Waals surface area contributed by atoms with Gasteiger partial charge in [0.15, 0.2) is 6.61 Å². The summed E-state index contributed by atoms with van der Waals surface area (Å²) < 4.78 is 5.47. The van der Waals surface area contributed by atoms with Gasteiger partial charge in [-0.05, 0) is 55.3 Å². The molecule has 4 N–H and O–H groups in total. The SMILES string of the molecule is C/C(=N/NC(N)=O)c1ccc(OCC(=O)Nc2ccccc2C)cc1. The van der Waals surface area contributed by atoms with Crippen LogP contribution in [0.25, 0.3) is 0 Å². The fourth-order valence-electron chi connectivity index (χ4n) is 2.04. The number of carbonyl (C=O) groups is 2. The van der Waals surface area contributed by atoms with Crippen LogP contribution in [0.15, 0.2) is 53.6 Å². The average molecular weight is 340 g/mol. The zero-order valence-corrected chi connectivity index (χ0v) is 14.1. The Morgan fingerprint density at radius 3 is 2.44 bits per heavy atom. The standard InChI is InChI=1S/C18H20N4O3/c1-12-5-3-4-6-16(12)20-17(23)11-25-15-9-7-14(8-10-15)13(2)21-22-18(19)24/h3-10H,11H2,1-2H3,(H,20,23)(H3,19,22,24)/b21-13-.